The number of hydrogen-bond donors (Lipinski definition) is 2. The van der Waals surface area contributed by atoms with E-state index in [0.717, 1.165) is 11.1 Å². The second-order valence-corrected chi connectivity index (χ2v) is 5.90. The van der Waals surface area contributed by atoms with Crippen molar-refractivity contribution >= 4 is 17.4 Å². The van der Waals surface area contributed by atoms with Crippen molar-refractivity contribution in [3.8, 4) is 0 Å². The Kier molecular flexibility index (Phi) is 6.08. The molecule has 0 aliphatic rings. The molecule has 0 aliphatic heterocycles. The topological polar surface area (TPSA) is 95.7 Å². The number of carbonyl (C=O) groups excluding carboxylic acids is 1. The van der Waals surface area contributed by atoms with Crippen LogP contribution in [0.15, 0.2) is 48.5 Å². The van der Waals surface area contributed by atoms with Crippen LogP contribution in [0, 0.1) is 17.0 Å². The third-order valence-corrected chi connectivity index (χ3v) is 3.66. The lowest BCUT2D eigenvalue weighted by Crippen LogP contribution is -2.39. The molecule has 0 radical (unpaired) electrons. The number of rotatable bonds is 6. The van der Waals surface area contributed by atoms with Gasteiger partial charge in [-0.3, -0.25) is 10.1 Å². The average molecular weight is 343 g/mol. The second-order valence-electron chi connectivity index (χ2n) is 5.90. The van der Waals surface area contributed by atoms with Gasteiger partial charge in [-0.05, 0) is 25.0 Å². The van der Waals surface area contributed by atoms with Crippen LogP contribution in [-0.2, 0) is 6.54 Å². The van der Waals surface area contributed by atoms with Crippen LogP contribution in [0.25, 0.3) is 0 Å². The summed E-state index contributed by atoms with van der Waals surface area (Å²) in [5, 5.41) is 23.3. The maximum atomic E-state index is 12.6. The van der Waals surface area contributed by atoms with Gasteiger partial charge in [0.15, 0.2) is 0 Å². The van der Waals surface area contributed by atoms with Crippen LogP contribution >= 0.6 is 0 Å². The predicted octanol–water partition coefficient (Wildman–Crippen LogP) is 3.32. The van der Waals surface area contributed by atoms with E-state index in [1.165, 1.54) is 17.0 Å². The highest BCUT2D eigenvalue weighted by Crippen LogP contribution is 2.22. The van der Waals surface area contributed by atoms with Crippen LogP contribution < -0.4 is 5.32 Å². The zero-order valence-corrected chi connectivity index (χ0v) is 14.2. The highest BCUT2D eigenvalue weighted by atomic mass is 16.6. The molecule has 25 heavy (non-hydrogen) atoms. The molecule has 0 heterocycles. The standard InChI is InChI=1S/C18H21N3O4/c1-13-8-9-16(21(24)25)10-17(13)19-18(23)20(11-14(2)22)12-15-6-4-3-5-7-15/h3-10,14,22H,11-12H2,1-2H3,(H,19,23)/t14-/m0/s1. The number of nitro groups is 1. The molecule has 0 fully saturated rings. The minimum absolute atomic E-state index is 0.0916. The van der Waals surface area contributed by atoms with E-state index < -0.39 is 17.1 Å². The quantitative estimate of drug-likeness (QED) is 0.621. The van der Waals surface area contributed by atoms with E-state index in [0.29, 0.717) is 12.2 Å². The minimum Gasteiger partial charge on any atom is -0.392 e. The van der Waals surface area contributed by atoms with Crippen molar-refractivity contribution in [1.82, 2.24) is 4.90 Å². The molecular weight excluding hydrogens is 322 g/mol. The zero-order valence-electron chi connectivity index (χ0n) is 14.2. The van der Waals surface area contributed by atoms with E-state index in [9.17, 15) is 20.0 Å². The molecule has 0 saturated heterocycles. The number of carbonyl (C=O) groups is 1. The highest BCUT2D eigenvalue weighted by Gasteiger charge is 2.18. The van der Waals surface area contributed by atoms with Crippen molar-refractivity contribution in [1.29, 1.82) is 0 Å². The Morgan fingerprint density at radius 1 is 1.28 bits per heavy atom. The lowest BCUT2D eigenvalue weighted by atomic mass is 10.2. The van der Waals surface area contributed by atoms with Gasteiger partial charge in [-0.25, -0.2) is 4.79 Å². The van der Waals surface area contributed by atoms with Gasteiger partial charge in [0.25, 0.3) is 5.69 Å². The van der Waals surface area contributed by atoms with Crippen LogP contribution in [0.3, 0.4) is 0 Å². The molecule has 0 spiro atoms. The summed E-state index contributed by atoms with van der Waals surface area (Å²) >= 11 is 0. The van der Waals surface area contributed by atoms with Gasteiger partial charge in [0.1, 0.15) is 0 Å². The van der Waals surface area contributed by atoms with Gasteiger partial charge < -0.3 is 15.3 Å². The third-order valence-electron chi connectivity index (χ3n) is 3.66. The van der Waals surface area contributed by atoms with Crippen molar-refractivity contribution < 1.29 is 14.8 Å². The number of amides is 2. The van der Waals surface area contributed by atoms with Crippen molar-refractivity contribution in [3.63, 3.8) is 0 Å². The van der Waals surface area contributed by atoms with Crippen LogP contribution in [0.5, 0.6) is 0 Å². The van der Waals surface area contributed by atoms with E-state index in [2.05, 4.69) is 5.32 Å². The van der Waals surface area contributed by atoms with Crippen LogP contribution in [-0.4, -0.2) is 33.6 Å². The van der Waals surface area contributed by atoms with E-state index in [4.69, 9.17) is 0 Å². The largest absolute Gasteiger partial charge is 0.392 e. The van der Waals surface area contributed by atoms with Gasteiger partial charge in [-0.15, -0.1) is 0 Å². The molecule has 1 atom stereocenters. The number of anilines is 1. The molecular formula is C18H21N3O4. The fraction of sp³-hybridized carbons (Fsp3) is 0.278. The van der Waals surface area contributed by atoms with Gasteiger partial charge in [0.2, 0.25) is 0 Å². The number of aryl methyl sites for hydroxylation is 1. The molecule has 0 bridgehead atoms. The first-order valence-corrected chi connectivity index (χ1v) is 7.90. The van der Waals surface area contributed by atoms with Crippen molar-refractivity contribution in [3.05, 3.63) is 69.8 Å². The fourth-order valence-corrected chi connectivity index (χ4v) is 2.39. The smallest absolute Gasteiger partial charge is 0.322 e. The third kappa shape index (κ3) is 5.29. The number of non-ortho nitro benzene ring substituents is 1. The fourth-order valence-electron chi connectivity index (χ4n) is 2.39. The molecule has 7 nitrogen and oxygen atoms in total. The molecule has 132 valence electrons. The van der Waals surface area contributed by atoms with Gasteiger partial charge in [0, 0.05) is 25.2 Å². The van der Waals surface area contributed by atoms with E-state index in [1.54, 1.807) is 19.9 Å². The highest BCUT2D eigenvalue weighted by molar-refractivity contribution is 5.90. The molecule has 2 aromatic carbocycles. The number of nitrogens with one attached hydrogen (secondary N) is 1. The maximum Gasteiger partial charge on any atom is 0.322 e. The molecule has 2 rings (SSSR count). The van der Waals surface area contributed by atoms with E-state index in [1.807, 2.05) is 30.3 Å². The molecule has 0 unspecified atom stereocenters. The summed E-state index contributed by atoms with van der Waals surface area (Å²) in [5.41, 5.74) is 1.93. The van der Waals surface area contributed by atoms with E-state index in [-0.39, 0.29) is 12.2 Å². The number of urea groups is 1. The van der Waals surface area contributed by atoms with Crippen LogP contribution in [0.2, 0.25) is 0 Å². The number of nitro benzene ring substituents is 1. The first-order valence-electron chi connectivity index (χ1n) is 7.90. The van der Waals surface area contributed by atoms with Crippen LogP contribution in [0.4, 0.5) is 16.2 Å². The Balaban J connectivity index is 2.19. The maximum absolute atomic E-state index is 12.6. The molecule has 0 aromatic heterocycles. The molecule has 2 amide bonds. The van der Waals surface area contributed by atoms with Crippen molar-refractivity contribution in [2.45, 2.75) is 26.5 Å². The zero-order chi connectivity index (χ0) is 18.4. The van der Waals surface area contributed by atoms with Crippen molar-refractivity contribution in [2.75, 3.05) is 11.9 Å². The monoisotopic (exact) mass is 343 g/mol. The summed E-state index contributed by atoms with van der Waals surface area (Å²) in [6.07, 6.45) is -0.694. The Hall–Kier alpha value is -2.93. The van der Waals surface area contributed by atoms with Crippen molar-refractivity contribution in [2.24, 2.45) is 0 Å². The first-order chi connectivity index (χ1) is 11.9. The minimum atomic E-state index is -0.694. The average Bonchev–Trinajstić information content (AvgIpc) is 2.56. The Bertz CT molecular complexity index is 747. The lowest BCUT2D eigenvalue weighted by molar-refractivity contribution is -0.384. The normalized spacial score (nSPS) is 11.6. The number of nitrogens with zero attached hydrogens (tertiary/aromatic N) is 2. The summed E-state index contributed by atoms with van der Waals surface area (Å²) in [6.45, 7) is 3.83. The number of hydrogen-bond acceptors (Lipinski definition) is 4. The summed E-state index contributed by atoms with van der Waals surface area (Å²) in [4.78, 5) is 24.5. The van der Waals surface area contributed by atoms with Gasteiger partial charge >= 0.3 is 6.03 Å². The number of aliphatic hydroxyl groups excluding tert-OH is 1. The summed E-state index contributed by atoms with van der Waals surface area (Å²) in [7, 11) is 0. The summed E-state index contributed by atoms with van der Waals surface area (Å²) in [5.74, 6) is 0. The Morgan fingerprint density at radius 2 is 1.96 bits per heavy atom. The molecule has 2 N–H and O–H groups in total. The predicted molar refractivity (Wildman–Crippen MR) is 95.4 cm³/mol. The van der Waals surface area contributed by atoms with E-state index >= 15 is 0 Å². The molecule has 0 aliphatic carbocycles. The van der Waals surface area contributed by atoms with Gasteiger partial charge in [0.05, 0.1) is 16.7 Å². The first kappa shape index (κ1) is 18.4. The Morgan fingerprint density at radius 3 is 2.56 bits per heavy atom. The SMILES string of the molecule is Cc1ccc([N+](=O)[O-])cc1NC(=O)N(Cc1ccccc1)C[C@H](C)O. The second kappa shape index (κ2) is 8.25. The molecule has 2 aromatic rings. The molecule has 0 saturated carbocycles. The number of aliphatic hydroxyl groups is 1. The molecule has 7 heteroatoms. The van der Waals surface area contributed by atoms with Crippen LogP contribution in [0.1, 0.15) is 18.1 Å². The van der Waals surface area contributed by atoms with Gasteiger partial charge in [-0.2, -0.15) is 0 Å². The summed E-state index contributed by atoms with van der Waals surface area (Å²) in [6, 6.07) is 13.3. The summed E-state index contributed by atoms with van der Waals surface area (Å²) < 4.78 is 0. The lowest BCUT2D eigenvalue weighted by Gasteiger charge is -2.25. The number of benzene rings is 2. The van der Waals surface area contributed by atoms with Gasteiger partial charge in [-0.1, -0.05) is 36.4 Å². The Labute approximate surface area is 146 Å².